The van der Waals surface area contributed by atoms with E-state index in [0.717, 1.165) is 25.1 Å². The molecule has 1 N–H and O–H groups in total. The molecule has 104 valence electrons. The van der Waals surface area contributed by atoms with Crippen LogP contribution in [0.3, 0.4) is 0 Å². The number of hydrogen-bond donors (Lipinski definition) is 1. The van der Waals surface area contributed by atoms with E-state index in [-0.39, 0.29) is 10.6 Å². The van der Waals surface area contributed by atoms with Gasteiger partial charge in [-0.1, -0.05) is 11.6 Å². The van der Waals surface area contributed by atoms with Crippen molar-refractivity contribution < 1.29 is 13.6 Å². The summed E-state index contributed by atoms with van der Waals surface area (Å²) >= 11 is 5.47. The predicted molar refractivity (Wildman–Crippen MR) is 69.3 cm³/mol. The third-order valence-electron chi connectivity index (χ3n) is 3.31. The third-order valence-corrected chi connectivity index (χ3v) is 3.60. The SMILES string of the molecule is CNCC1CCN(C(=O)c2cc(F)c(Cl)cc2F)C1. The number of amides is 1. The molecular weight excluding hydrogens is 274 g/mol. The molecule has 1 aliphatic heterocycles. The fourth-order valence-corrected chi connectivity index (χ4v) is 2.48. The molecule has 0 spiro atoms. The quantitative estimate of drug-likeness (QED) is 0.866. The standard InChI is InChI=1S/C13H15ClF2N2O/c1-17-6-8-2-3-18(7-8)13(19)9-4-12(16)10(14)5-11(9)15/h4-5,8,17H,2-3,6-7H2,1H3. The van der Waals surface area contributed by atoms with Gasteiger partial charge in [0, 0.05) is 13.1 Å². The minimum Gasteiger partial charge on any atom is -0.338 e. The van der Waals surface area contributed by atoms with Crippen LogP contribution in [0.1, 0.15) is 16.8 Å². The number of halogens is 3. The van der Waals surface area contributed by atoms with Crippen LogP contribution in [-0.2, 0) is 0 Å². The second-order valence-corrected chi connectivity index (χ2v) is 5.12. The van der Waals surface area contributed by atoms with Gasteiger partial charge in [-0.05, 0) is 38.1 Å². The fraction of sp³-hybridized carbons (Fsp3) is 0.462. The molecule has 0 saturated carbocycles. The molecule has 3 nitrogen and oxygen atoms in total. The van der Waals surface area contributed by atoms with E-state index in [2.05, 4.69) is 5.32 Å². The van der Waals surface area contributed by atoms with Crippen molar-refractivity contribution in [2.24, 2.45) is 5.92 Å². The molecule has 0 bridgehead atoms. The number of nitrogens with zero attached hydrogens (tertiary/aromatic N) is 1. The summed E-state index contributed by atoms with van der Waals surface area (Å²) in [6, 6.07) is 1.71. The number of benzene rings is 1. The summed E-state index contributed by atoms with van der Waals surface area (Å²) in [7, 11) is 1.85. The van der Waals surface area contributed by atoms with Crippen molar-refractivity contribution in [1.82, 2.24) is 10.2 Å². The predicted octanol–water partition coefficient (Wildman–Crippen LogP) is 2.30. The number of nitrogens with one attached hydrogen (secondary N) is 1. The highest BCUT2D eigenvalue weighted by atomic mass is 35.5. The van der Waals surface area contributed by atoms with Crippen molar-refractivity contribution in [3.63, 3.8) is 0 Å². The Kier molecular flexibility index (Phi) is 4.37. The monoisotopic (exact) mass is 288 g/mol. The molecule has 1 amide bonds. The van der Waals surface area contributed by atoms with Gasteiger partial charge in [0.1, 0.15) is 11.6 Å². The van der Waals surface area contributed by atoms with E-state index in [1.54, 1.807) is 4.90 Å². The van der Waals surface area contributed by atoms with Gasteiger partial charge < -0.3 is 10.2 Å². The summed E-state index contributed by atoms with van der Waals surface area (Å²) in [4.78, 5) is 13.7. The first kappa shape index (κ1) is 14.2. The molecule has 1 fully saturated rings. The zero-order valence-corrected chi connectivity index (χ0v) is 11.3. The molecule has 1 aromatic carbocycles. The van der Waals surface area contributed by atoms with Crippen LogP contribution in [0.2, 0.25) is 5.02 Å². The Morgan fingerprint density at radius 3 is 2.89 bits per heavy atom. The summed E-state index contributed by atoms with van der Waals surface area (Å²) in [5.41, 5.74) is -0.257. The second-order valence-electron chi connectivity index (χ2n) is 4.71. The van der Waals surface area contributed by atoms with Crippen LogP contribution < -0.4 is 5.32 Å². The number of likely N-dealkylation sites (tertiary alicyclic amines) is 1. The van der Waals surface area contributed by atoms with Gasteiger partial charge >= 0.3 is 0 Å². The van der Waals surface area contributed by atoms with Crippen molar-refractivity contribution >= 4 is 17.5 Å². The number of carbonyl (C=O) groups excluding carboxylic acids is 1. The molecule has 2 rings (SSSR count). The molecule has 1 atom stereocenters. The molecule has 1 saturated heterocycles. The lowest BCUT2D eigenvalue weighted by Crippen LogP contribution is -2.31. The van der Waals surface area contributed by atoms with Gasteiger partial charge in [-0.25, -0.2) is 8.78 Å². The van der Waals surface area contributed by atoms with Crippen molar-refractivity contribution in [2.45, 2.75) is 6.42 Å². The van der Waals surface area contributed by atoms with Crippen molar-refractivity contribution in [2.75, 3.05) is 26.7 Å². The maximum Gasteiger partial charge on any atom is 0.256 e. The van der Waals surface area contributed by atoms with Gasteiger partial charge in [0.25, 0.3) is 5.91 Å². The second kappa shape index (κ2) is 5.84. The largest absolute Gasteiger partial charge is 0.338 e. The van der Waals surface area contributed by atoms with Gasteiger partial charge in [-0.3, -0.25) is 4.79 Å². The van der Waals surface area contributed by atoms with Crippen molar-refractivity contribution in [3.05, 3.63) is 34.4 Å². The normalized spacial score (nSPS) is 18.9. The van der Waals surface area contributed by atoms with Gasteiger partial charge in [0.2, 0.25) is 0 Å². The highest BCUT2D eigenvalue weighted by Gasteiger charge is 2.28. The van der Waals surface area contributed by atoms with Gasteiger partial charge in [0.05, 0.1) is 10.6 Å². The molecule has 1 unspecified atom stereocenters. The molecule has 1 aliphatic rings. The molecule has 0 radical (unpaired) electrons. The van der Waals surface area contributed by atoms with E-state index < -0.39 is 17.5 Å². The minimum atomic E-state index is -0.784. The zero-order valence-electron chi connectivity index (χ0n) is 10.5. The lowest BCUT2D eigenvalue weighted by Gasteiger charge is -2.17. The lowest BCUT2D eigenvalue weighted by molar-refractivity contribution is 0.0782. The van der Waals surface area contributed by atoms with Crippen LogP contribution in [0.25, 0.3) is 0 Å². The van der Waals surface area contributed by atoms with Crippen LogP contribution in [0.4, 0.5) is 8.78 Å². The van der Waals surface area contributed by atoms with E-state index >= 15 is 0 Å². The van der Waals surface area contributed by atoms with Gasteiger partial charge in [-0.15, -0.1) is 0 Å². The summed E-state index contributed by atoms with van der Waals surface area (Å²) in [6.07, 6.45) is 0.865. The molecule has 0 aromatic heterocycles. The summed E-state index contributed by atoms with van der Waals surface area (Å²) in [6.45, 7) is 1.93. The number of rotatable bonds is 3. The van der Waals surface area contributed by atoms with E-state index in [1.165, 1.54) is 0 Å². The third kappa shape index (κ3) is 3.04. The van der Waals surface area contributed by atoms with Crippen molar-refractivity contribution in [1.29, 1.82) is 0 Å². The smallest absolute Gasteiger partial charge is 0.256 e. The summed E-state index contributed by atoms with van der Waals surface area (Å²) < 4.78 is 27.0. The number of carbonyl (C=O) groups is 1. The Balaban J connectivity index is 2.15. The Bertz CT molecular complexity index is 496. The average molecular weight is 289 g/mol. The minimum absolute atomic E-state index is 0.257. The van der Waals surface area contributed by atoms with E-state index in [4.69, 9.17) is 11.6 Å². The van der Waals surface area contributed by atoms with Crippen LogP contribution in [-0.4, -0.2) is 37.5 Å². The maximum atomic E-state index is 13.7. The number of hydrogen-bond acceptors (Lipinski definition) is 2. The summed E-state index contributed by atoms with van der Waals surface area (Å²) in [5.74, 6) is -1.69. The van der Waals surface area contributed by atoms with Crippen LogP contribution in [0.5, 0.6) is 0 Å². The Hall–Kier alpha value is -1.20. The maximum absolute atomic E-state index is 13.7. The van der Waals surface area contributed by atoms with E-state index in [0.29, 0.717) is 19.0 Å². The van der Waals surface area contributed by atoms with Crippen LogP contribution >= 0.6 is 11.6 Å². The highest BCUT2D eigenvalue weighted by Crippen LogP contribution is 2.23. The van der Waals surface area contributed by atoms with Gasteiger partial charge in [0.15, 0.2) is 0 Å². The first-order valence-corrected chi connectivity index (χ1v) is 6.49. The molecule has 1 heterocycles. The molecular formula is C13H15ClF2N2O. The van der Waals surface area contributed by atoms with E-state index in [9.17, 15) is 13.6 Å². The first-order valence-electron chi connectivity index (χ1n) is 6.11. The van der Waals surface area contributed by atoms with Crippen LogP contribution in [0.15, 0.2) is 12.1 Å². The van der Waals surface area contributed by atoms with Crippen LogP contribution in [0, 0.1) is 17.6 Å². The van der Waals surface area contributed by atoms with E-state index in [1.807, 2.05) is 7.05 Å². The Labute approximate surface area is 115 Å². The highest BCUT2D eigenvalue weighted by molar-refractivity contribution is 6.30. The molecule has 19 heavy (non-hydrogen) atoms. The molecule has 1 aromatic rings. The average Bonchev–Trinajstić information content (AvgIpc) is 2.82. The molecule has 0 aliphatic carbocycles. The van der Waals surface area contributed by atoms with Gasteiger partial charge in [-0.2, -0.15) is 0 Å². The Morgan fingerprint density at radius 2 is 2.21 bits per heavy atom. The topological polar surface area (TPSA) is 32.3 Å². The lowest BCUT2D eigenvalue weighted by atomic mass is 10.1. The molecule has 6 heteroatoms. The summed E-state index contributed by atoms with van der Waals surface area (Å²) in [5, 5.41) is 2.73. The van der Waals surface area contributed by atoms with Crippen molar-refractivity contribution in [3.8, 4) is 0 Å². The Morgan fingerprint density at radius 1 is 1.47 bits per heavy atom. The fourth-order valence-electron chi connectivity index (χ4n) is 2.33. The zero-order chi connectivity index (χ0) is 14.0. The first-order chi connectivity index (χ1) is 9.02.